The minimum atomic E-state index is -0.256. The first-order valence-corrected chi connectivity index (χ1v) is 6.22. The van der Waals surface area contributed by atoms with E-state index in [2.05, 4.69) is 5.32 Å². The lowest BCUT2D eigenvalue weighted by atomic mass is 10.1. The highest BCUT2D eigenvalue weighted by Gasteiger charge is 2.16. The Morgan fingerprint density at radius 2 is 1.95 bits per heavy atom. The van der Waals surface area contributed by atoms with Gasteiger partial charge in [0.2, 0.25) is 5.91 Å². The van der Waals surface area contributed by atoms with Gasteiger partial charge in [-0.3, -0.25) is 4.79 Å². The van der Waals surface area contributed by atoms with Gasteiger partial charge in [-0.1, -0.05) is 12.1 Å². The van der Waals surface area contributed by atoms with Gasteiger partial charge in [0.05, 0.1) is 6.04 Å². The molecule has 0 aromatic heterocycles. The van der Waals surface area contributed by atoms with E-state index in [1.807, 2.05) is 14.0 Å². The first kappa shape index (κ1) is 17.9. The zero-order valence-corrected chi connectivity index (χ0v) is 12.5. The molecule has 1 rings (SSSR count). The highest BCUT2D eigenvalue weighted by Crippen LogP contribution is 2.19. The maximum absolute atomic E-state index is 12.8. The summed E-state index contributed by atoms with van der Waals surface area (Å²) >= 11 is 0. The van der Waals surface area contributed by atoms with Gasteiger partial charge in [0.25, 0.3) is 0 Å². The molecule has 0 heterocycles. The van der Waals surface area contributed by atoms with E-state index in [0.29, 0.717) is 6.42 Å². The topological polar surface area (TPSA) is 32.3 Å². The third kappa shape index (κ3) is 5.57. The van der Waals surface area contributed by atoms with Crippen molar-refractivity contribution >= 4 is 18.3 Å². The van der Waals surface area contributed by atoms with Crippen molar-refractivity contribution in [3.63, 3.8) is 0 Å². The van der Waals surface area contributed by atoms with Crippen LogP contribution in [-0.4, -0.2) is 31.4 Å². The second-order valence-electron chi connectivity index (χ2n) is 4.44. The summed E-state index contributed by atoms with van der Waals surface area (Å²) in [5.74, 6) is -0.143. The van der Waals surface area contributed by atoms with Crippen LogP contribution in [0, 0.1) is 5.82 Å². The molecular weight excluding hydrogens is 267 g/mol. The molecule has 0 fully saturated rings. The van der Waals surface area contributed by atoms with Gasteiger partial charge in [-0.15, -0.1) is 12.4 Å². The molecule has 0 aliphatic heterocycles. The highest BCUT2D eigenvalue weighted by atomic mass is 35.5. The highest BCUT2D eigenvalue weighted by molar-refractivity contribution is 5.85. The second kappa shape index (κ2) is 8.88. The van der Waals surface area contributed by atoms with E-state index in [-0.39, 0.29) is 30.2 Å². The minimum absolute atomic E-state index is 0. The first-order valence-electron chi connectivity index (χ1n) is 6.22. The van der Waals surface area contributed by atoms with E-state index >= 15 is 0 Å². The average Bonchev–Trinajstić information content (AvgIpc) is 2.38. The molecule has 108 valence electrons. The van der Waals surface area contributed by atoms with Crippen LogP contribution in [0.2, 0.25) is 0 Å². The van der Waals surface area contributed by atoms with Gasteiger partial charge in [0.1, 0.15) is 5.82 Å². The van der Waals surface area contributed by atoms with Crippen LogP contribution in [0.1, 0.15) is 31.4 Å². The summed E-state index contributed by atoms with van der Waals surface area (Å²) in [5.41, 5.74) is 0.945. The number of benzene rings is 1. The van der Waals surface area contributed by atoms with Gasteiger partial charge in [0.15, 0.2) is 0 Å². The Labute approximate surface area is 120 Å². The van der Waals surface area contributed by atoms with Gasteiger partial charge in [-0.25, -0.2) is 4.39 Å². The van der Waals surface area contributed by atoms with Crippen molar-refractivity contribution in [1.82, 2.24) is 10.2 Å². The molecule has 0 aliphatic carbocycles. The Hall–Kier alpha value is -1.13. The zero-order valence-electron chi connectivity index (χ0n) is 11.6. The lowest BCUT2D eigenvalue weighted by molar-refractivity contribution is -0.131. The number of rotatable bonds is 6. The molecule has 0 radical (unpaired) electrons. The Balaban J connectivity index is 0.00000324. The summed E-state index contributed by atoms with van der Waals surface area (Å²) in [7, 11) is 3.66. The molecule has 0 aliphatic rings. The van der Waals surface area contributed by atoms with E-state index in [1.54, 1.807) is 24.1 Å². The molecule has 1 aromatic carbocycles. The third-order valence-electron chi connectivity index (χ3n) is 3.14. The Bertz CT molecular complexity index is 384. The molecule has 0 saturated heterocycles. The molecule has 0 saturated carbocycles. The lowest BCUT2D eigenvalue weighted by Crippen LogP contribution is -2.30. The van der Waals surface area contributed by atoms with Crippen molar-refractivity contribution in [2.45, 2.75) is 25.8 Å². The molecule has 1 unspecified atom stereocenters. The van der Waals surface area contributed by atoms with Gasteiger partial charge in [-0.05, 0) is 44.6 Å². The zero-order chi connectivity index (χ0) is 13.5. The summed E-state index contributed by atoms with van der Waals surface area (Å²) in [4.78, 5) is 13.6. The van der Waals surface area contributed by atoms with Crippen LogP contribution in [0.3, 0.4) is 0 Å². The van der Waals surface area contributed by atoms with E-state index < -0.39 is 0 Å². The fourth-order valence-corrected chi connectivity index (χ4v) is 1.77. The monoisotopic (exact) mass is 288 g/mol. The summed E-state index contributed by atoms with van der Waals surface area (Å²) in [5, 5.41) is 3.02. The van der Waals surface area contributed by atoms with Crippen molar-refractivity contribution in [1.29, 1.82) is 0 Å². The minimum Gasteiger partial charge on any atom is -0.339 e. The van der Waals surface area contributed by atoms with E-state index in [1.165, 1.54) is 12.1 Å². The molecule has 5 heteroatoms. The number of hydrogen-bond donors (Lipinski definition) is 1. The van der Waals surface area contributed by atoms with Crippen LogP contribution in [0.15, 0.2) is 24.3 Å². The molecule has 0 spiro atoms. The average molecular weight is 289 g/mol. The van der Waals surface area contributed by atoms with Gasteiger partial charge in [0, 0.05) is 13.5 Å². The van der Waals surface area contributed by atoms with Crippen molar-refractivity contribution in [3.8, 4) is 0 Å². The second-order valence-corrected chi connectivity index (χ2v) is 4.44. The molecule has 1 N–H and O–H groups in total. The Kier molecular flexibility index (Phi) is 8.35. The number of carbonyl (C=O) groups is 1. The van der Waals surface area contributed by atoms with Gasteiger partial charge in [-0.2, -0.15) is 0 Å². The maximum atomic E-state index is 12.8. The summed E-state index contributed by atoms with van der Waals surface area (Å²) < 4.78 is 12.8. The fraction of sp³-hybridized carbons (Fsp3) is 0.500. The Morgan fingerprint density at radius 1 is 1.37 bits per heavy atom. The molecule has 1 atom stereocenters. The van der Waals surface area contributed by atoms with Gasteiger partial charge < -0.3 is 10.2 Å². The summed E-state index contributed by atoms with van der Waals surface area (Å²) in [6, 6.07) is 6.25. The van der Waals surface area contributed by atoms with Crippen LogP contribution in [-0.2, 0) is 4.79 Å². The molecule has 0 bridgehead atoms. The quantitative estimate of drug-likeness (QED) is 0.817. The van der Waals surface area contributed by atoms with Crippen molar-refractivity contribution < 1.29 is 9.18 Å². The maximum Gasteiger partial charge on any atom is 0.222 e. The summed E-state index contributed by atoms with van der Waals surface area (Å²) in [6.07, 6.45) is 1.36. The number of nitrogens with one attached hydrogen (secondary N) is 1. The fourth-order valence-electron chi connectivity index (χ4n) is 1.77. The Morgan fingerprint density at radius 3 is 2.47 bits per heavy atom. The van der Waals surface area contributed by atoms with Crippen LogP contribution >= 0.6 is 12.4 Å². The summed E-state index contributed by atoms with van der Waals surface area (Å²) in [6.45, 7) is 2.79. The van der Waals surface area contributed by atoms with Crippen LogP contribution < -0.4 is 5.32 Å². The molecule has 1 amide bonds. The third-order valence-corrected chi connectivity index (χ3v) is 3.14. The van der Waals surface area contributed by atoms with Crippen LogP contribution in [0.5, 0.6) is 0 Å². The molecule has 1 aromatic rings. The number of hydrogen-bond acceptors (Lipinski definition) is 2. The predicted molar refractivity (Wildman–Crippen MR) is 78.0 cm³/mol. The van der Waals surface area contributed by atoms with Crippen molar-refractivity contribution in [2.75, 3.05) is 20.6 Å². The van der Waals surface area contributed by atoms with Crippen molar-refractivity contribution in [2.24, 2.45) is 0 Å². The van der Waals surface area contributed by atoms with Crippen LogP contribution in [0.25, 0.3) is 0 Å². The number of nitrogens with zero attached hydrogens (tertiary/aromatic N) is 1. The molecule has 19 heavy (non-hydrogen) atoms. The van der Waals surface area contributed by atoms with E-state index in [9.17, 15) is 9.18 Å². The smallest absolute Gasteiger partial charge is 0.222 e. The van der Waals surface area contributed by atoms with Crippen molar-refractivity contribution in [3.05, 3.63) is 35.6 Å². The lowest BCUT2D eigenvalue weighted by Gasteiger charge is -2.25. The normalized spacial score (nSPS) is 11.6. The SMILES string of the molecule is CNCCCC(=O)N(C)C(C)c1ccc(F)cc1.Cl. The van der Waals surface area contributed by atoms with Gasteiger partial charge >= 0.3 is 0 Å². The first-order chi connectivity index (χ1) is 8.56. The number of carbonyl (C=O) groups excluding carboxylic acids is 1. The number of amides is 1. The van der Waals surface area contributed by atoms with E-state index in [0.717, 1.165) is 18.5 Å². The van der Waals surface area contributed by atoms with E-state index in [4.69, 9.17) is 0 Å². The predicted octanol–water partition coefficient (Wildman–Crippen LogP) is 2.77. The standard InChI is InChI=1S/C14H21FN2O.ClH/c1-11(12-6-8-13(15)9-7-12)17(3)14(18)5-4-10-16-2;/h6-9,11,16H,4-5,10H2,1-3H3;1H. The van der Waals surface area contributed by atoms with Crippen LogP contribution in [0.4, 0.5) is 4.39 Å². The number of halogens is 2. The molecular formula is C14H22ClFN2O. The largest absolute Gasteiger partial charge is 0.339 e. The molecule has 3 nitrogen and oxygen atoms in total.